The molecule has 2 N–H and O–H groups in total. The minimum absolute atomic E-state index is 0.119. The molecule has 8 heteroatoms. The SMILES string of the molecule is C=CCC(C(=O)Nc1cc(Cl)ccc1Cl)C(=O)Nc1cc(Cl)ccc1Cl. The summed E-state index contributed by atoms with van der Waals surface area (Å²) in [5.41, 5.74) is 0.624. The number of anilines is 2. The van der Waals surface area contributed by atoms with Gasteiger partial charge in [0.2, 0.25) is 11.8 Å². The second-order valence-corrected chi connectivity index (χ2v) is 6.99. The van der Waals surface area contributed by atoms with Crippen molar-refractivity contribution in [2.45, 2.75) is 6.42 Å². The van der Waals surface area contributed by atoms with Gasteiger partial charge in [-0.3, -0.25) is 9.59 Å². The van der Waals surface area contributed by atoms with Gasteiger partial charge in [0.05, 0.1) is 21.4 Å². The molecular formula is C18H14Cl4N2O2. The van der Waals surface area contributed by atoms with Crippen LogP contribution in [-0.4, -0.2) is 11.8 Å². The van der Waals surface area contributed by atoms with Gasteiger partial charge in [0, 0.05) is 10.0 Å². The first kappa shape index (κ1) is 20.6. The quantitative estimate of drug-likeness (QED) is 0.430. The van der Waals surface area contributed by atoms with Crippen molar-refractivity contribution in [1.29, 1.82) is 0 Å². The van der Waals surface area contributed by atoms with Gasteiger partial charge in [-0.1, -0.05) is 52.5 Å². The summed E-state index contributed by atoms with van der Waals surface area (Å²) in [7, 11) is 0. The molecule has 2 aromatic carbocycles. The molecule has 0 aliphatic rings. The molecule has 2 amide bonds. The van der Waals surface area contributed by atoms with E-state index in [0.29, 0.717) is 31.5 Å². The molecule has 0 atom stereocenters. The molecule has 0 radical (unpaired) electrons. The van der Waals surface area contributed by atoms with E-state index in [-0.39, 0.29) is 6.42 Å². The highest BCUT2D eigenvalue weighted by molar-refractivity contribution is 6.36. The highest BCUT2D eigenvalue weighted by Gasteiger charge is 2.26. The minimum Gasteiger partial charge on any atom is -0.324 e. The van der Waals surface area contributed by atoms with Gasteiger partial charge in [-0.05, 0) is 42.8 Å². The molecular weight excluding hydrogens is 418 g/mol. The van der Waals surface area contributed by atoms with Crippen molar-refractivity contribution in [3.8, 4) is 0 Å². The zero-order chi connectivity index (χ0) is 19.3. The zero-order valence-electron chi connectivity index (χ0n) is 13.4. The maximum Gasteiger partial charge on any atom is 0.237 e. The van der Waals surface area contributed by atoms with Gasteiger partial charge in [-0.2, -0.15) is 0 Å². The predicted molar refractivity (Wildman–Crippen MR) is 108 cm³/mol. The highest BCUT2D eigenvalue weighted by atomic mass is 35.5. The maximum atomic E-state index is 12.6. The number of rotatable bonds is 6. The van der Waals surface area contributed by atoms with Gasteiger partial charge in [-0.15, -0.1) is 6.58 Å². The summed E-state index contributed by atoms with van der Waals surface area (Å²) in [6, 6.07) is 9.28. The third-order valence-corrected chi connectivity index (χ3v) is 4.54. The smallest absolute Gasteiger partial charge is 0.237 e. The number of amides is 2. The van der Waals surface area contributed by atoms with Crippen LogP contribution in [0.4, 0.5) is 11.4 Å². The van der Waals surface area contributed by atoms with Crippen LogP contribution in [0.15, 0.2) is 49.1 Å². The number of benzene rings is 2. The maximum absolute atomic E-state index is 12.6. The van der Waals surface area contributed by atoms with Crippen molar-refractivity contribution >= 4 is 69.6 Å². The molecule has 0 aliphatic heterocycles. The summed E-state index contributed by atoms with van der Waals surface area (Å²) >= 11 is 23.9. The molecule has 0 spiro atoms. The van der Waals surface area contributed by atoms with Crippen molar-refractivity contribution in [2.24, 2.45) is 5.92 Å². The summed E-state index contributed by atoms with van der Waals surface area (Å²) in [6.07, 6.45) is 1.59. The summed E-state index contributed by atoms with van der Waals surface area (Å²) in [5, 5.41) is 6.63. The predicted octanol–water partition coefficient (Wildman–Crippen LogP) is 6.07. The average molecular weight is 432 g/mol. The Morgan fingerprint density at radius 1 is 0.885 bits per heavy atom. The van der Waals surface area contributed by atoms with Crippen LogP contribution in [0.3, 0.4) is 0 Å². The Balaban J connectivity index is 2.19. The Morgan fingerprint density at radius 2 is 1.31 bits per heavy atom. The summed E-state index contributed by atoms with van der Waals surface area (Å²) < 4.78 is 0. The van der Waals surface area contributed by atoms with E-state index in [9.17, 15) is 9.59 Å². The molecule has 2 aromatic rings. The largest absolute Gasteiger partial charge is 0.324 e. The van der Waals surface area contributed by atoms with Gasteiger partial charge in [0.25, 0.3) is 0 Å². The normalized spacial score (nSPS) is 10.5. The minimum atomic E-state index is -1.04. The molecule has 0 saturated carbocycles. The van der Waals surface area contributed by atoms with Crippen molar-refractivity contribution < 1.29 is 9.59 Å². The number of hydrogen-bond acceptors (Lipinski definition) is 2. The molecule has 4 nitrogen and oxygen atoms in total. The van der Waals surface area contributed by atoms with E-state index in [1.165, 1.54) is 18.2 Å². The molecule has 0 unspecified atom stereocenters. The number of nitrogens with one attached hydrogen (secondary N) is 2. The molecule has 0 bridgehead atoms. The third kappa shape index (κ3) is 5.39. The van der Waals surface area contributed by atoms with Gasteiger partial charge >= 0.3 is 0 Å². The fraction of sp³-hybridized carbons (Fsp3) is 0.111. The standard InChI is InChI=1S/C18H14Cl4N2O2/c1-2-3-12(17(25)23-15-8-10(19)4-6-13(15)21)18(26)24-16-9-11(20)5-7-14(16)22/h2,4-9,12H,1,3H2,(H,23,25)(H,24,26). The Morgan fingerprint density at radius 3 is 1.69 bits per heavy atom. The van der Waals surface area contributed by atoms with E-state index in [1.807, 2.05) is 0 Å². The van der Waals surface area contributed by atoms with E-state index in [4.69, 9.17) is 46.4 Å². The number of carbonyl (C=O) groups excluding carboxylic acids is 2. The van der Waals surface area contributed by atoms with Crippen molar-refractivity contribution in [3.63, 3.8) is 0 Å². The monoisotopic (exact) mass is 430 g/mol. The van der Waals surface area contributed by atoms with Crippen LogP contribution in [0, 0.1) is 5.92 Å². The molecule has 0 saturated heterocycles. The fourth-order valence-corrected chi connectivity index (χ4v) is 2.80. The van der Waals surface area contributed by atoms with E-state index in [2.05, 4.69) is 17.2 Å². The lowest BCUT2D eigenvalue weighted by atomic mass is 10.0. The number of halogens is 4. The molecule has 2 rings (SSSR count). The molecule has 0 fully saturated rings. The summed E-state index contributed by atoms with van der Waals surface area (Å²) in [5.74, 6) is -2.15. The Labute approximate surface area is 171 Å². The first-order valence-corrected chi connectivity index (χ1v) is 8.95. The van der Waals surface area contributed by atoms with Crippen LogP contribution in [0.5, 0.6) is 0 Å². The van der Waals surface area contributed by atoms with Crippen LogP contribution in [0.1, 0.15) is 6.42 Å². The van der Waals surface area contributed by atoms with Gasteiger partial charge < -0.3 is 10.6 Å². The van der Waals surface area contributed by atoms with Gasteiger partial charge in [0.1, 0.15) is 5.92 Å². The lowest BCUT2D eigenvalue weighted by Crippen LogP contribution is -2.33. The lowest BCUT2D eigenvalue weighted by molar-refractivity contribution is -0.129. The van der Waals surface area contributed by atoms with Crippen molar-refractivity contribution in [2.75, 3.05) is 10.6 Å². The van der Waals surface area contributed by atoms with Crippen molar-refractivity contribution in [3.05, 3.63) is 69.1 Å². The fourth-order valence-electron chi connectivity index (χ4n) is 2.13. The molecule has 0 heterocycles. The van der Waals surface area contributed by atoms with Gasteiger partial charge in [0.15, 0.2) is 0 Å². The molecule has 0 aromatic heterocycles. The second kappa shape index (κ2) is 9.28. The van der Waals surface area contributed by atoms with E-state index in [0.717, 1.165) is 0 Å². The third-order valence-electron chi connectivity index (χ3n) is 3.41. The lowest BCUT2D eigenvalue weighted by Gasteiger charge is -2.17. The van der Waals surface area contributed by atoms with E-state index in [1.54, 1.807) is 24.3 Å². The first-order chi connectivity index (χ1) is 12.3. The molecule has 136 valence electrons. The van der Waals surface area contributed by atoms with Crippen LogP contribution in [0.25, 0.3) is 0 Å². The zero-order valence-corrected chi connectivity index (χ0v) is 16.4. The van der Waals surface area contributed by atoms with E-state index < -0.39 is 17.7 Å². The Hall–Kier alpha value is -1.72. The second-order valence-electron chi connectivity index (χ2n) is 5.30. The number of hydrogen-bond donors (Lipinski definition) is 2. The van der Waals surface area contributed by atoms with E-state index >= 15 is 0 Å². The van der Waals surface area contributed by atoms with Gasteiger partial charge in [-0.25, -0.2) is 0 Å². The Bertz CT molecular complexity index is 790. The van der Waals surface area contributed by atoms with Crippen LogP contribution >= 0.6 is 46.4 Å². The van der Waals surface area contributed by atoms with Crippen LogP contribution < -0.4 is 10.6 Å². The Kier molecular flexibility index (Phi) is 7.35. The van der Waals surface area contributed by atoms with Crippen LogP contribution in [-0.2, 0) is 9.59 Å². The summed E-state index contributed by atoms with van der Waals surface area (Å²) in [6.45, 7) is 3.59. The highest BCUT2D eigenvalue weighted by Crippen LogP contribution is 2.28. The first-order valence-electron chi connectivity index (χ1n) is 7.44. The molecule has 26 heavy (non-hydrogen) atoms. The van der Waals surface area contributed by atoms with Crippen molar-refractivity contribution in [1.82, 2.24) is 0 Å². The number of carbonyl (C=O) groups is 2. The van der Waals surface area contributed by atoms with Crippen LogP contribution in [0.2, 0.25) is 20.1 Å². The number of allylic oxidation sites excluding steroid dienone is 1. The topological polar surface area (TPSA) is 58.2 Å². The molecule has 0 aliphatic carbocycles. The average Bonchev–Trinajstić information content (AvgIpc) is 2.59. The summed E-state index contributed by atoms with van der Waals surface area (Å²) in [4.78, 5) is 25.1.